The summed E-state index contributed by atoms with van der Waals surface area (Å²) >= 11 is 0. The molecular weight excluding hydrogens is 138 g/mol. The van der Waals surface area contributed by atoms with Gasteiger partial charge in [0, 0.05) is 19.8 Å². The number of nitrogens with two attached hydrogens (primary N) is 1. The van der Waals surface area contributed by atoms with Crippen LogP contribution >= 0.6 is 0 Å². The van der Waals surface area contributed by atoms with Crippen molar-refractivity contribution in [3.05, 3.63) is 0 Å². The van der Waals surface area contributed by atoms with Gasteiger partial charge in [-0.1, -0.05) is 0 Å². The fourth-order valence-electron chi connectivity index (χ4n) is 1.73. The molecule has 1 atom stereocenters. The van der Waals surface area contributed by atoms with E-state index in [4.69, 9.17) is 5.73 Å². The molecule has 1 heterocycles. The summed E-state index contributed by atoms with van der Waals surface area (Å²) in [5.74, 6) is 0.817. The van der Waals surface area contributed by atoms with E-state index in [0.717, 1.165) is 12.5 Å². The lowest BCUT2D eigenvalue weighted by molar-refractivity contribution is 0.207. The van der Waals surface area contributed by atoms with Crippen LogP contribution in [0, 0.1) is 5.92 Å². The molecule has 1 saturated heterocycles. The molecule has 11 heavy (non-hydrogen) atoms. The normalized spacial score (nSPS) is 27.3. The van der Waals surface area contributed by atoms with Crippen LogP contribution in [0.4, 0.5) is 0 Å². The monoisotopic (exact) mass is 157 g/mol. The second-order valence-electron chi connectivity index (χ2n) is 3.43. The maximum Gasteiger partial charge on any atom is 0.0428 e. The van der Waals surface area contributed by atoms with Crippen LogP contribution in [0.2, 0.25) is 0 Å². The van der Waals surface area contributed by atoms with Crippen LogP contribution in [0.1, 0.15) is 12.8 Å². The van der Waals surface area contributed by atoms with Gasteiger partial charge in [0.1, 0.15) is 0 Å². The van der Waals surface area contributed by atoms with E-state index in [1.807, 2.05) is 0 Å². The Morgan fingerprint density at radius 2 is 2.45 bits per heavy atom. The molecule has 0 aliphatic carbocycles. The molecule has 0 aromatic carbocycles. The molecule has 0 saturated carbocycles. The molecule has 3 nitrogen and oxygen atoms in total. The minimum atomic E-state index is 0.611. The van der Waals surface area contributed by atoms with E-state index in [0.29, 0.717) is 6.67 Å². The van der Waals surface area contributed by atoms with Crippen LogP contribution in [0.25, 0.3) is 0 Å². The largest absolute Gasteiger partial charge is 0.318 e. The molecule has 0 bridgehead atoms. The number of nitrogens with one attached hydrogen (secondary N) is 1. The van der Waals surface area contributed by atoms with E-state index < -0.39 is 0 Å². The van der Waals surface area contributed by atoms with E-state index >= 15 is 0 Å². The third kappa shape index (κ3) is 3.18. The van der Waals surface area contributed by atoms with Gasteiger partial charge < -0.3 is 16.0 Å². The summed E-state index contributed by atoms with van der Waals surface area (Å²) in [6.45, 7) is 4.19. The topological polar surface area (TPSA) is 41.3 Å². The molecule has 66 valence electrons. The van der Waals surface area contributed by atoms with Gasteiger partial charge in [0.25, 0.3) is 0 Å². The lowest BCUT2D eigenvalue weighted by Crippen LogP contribution is -2.38. The van der Waals surface area contributed by atoms with Crippen molar-refractivity contribution in [1.82, 2.24) is 10.2 Å². The van der Waals surface area contributed by atoms with Crippen molar-refractivity contribution in [1.29, 1.82) is 0 Å². The number of likely N-dealkylation sites (tertiary alicyclic amines) is 1. The standard InChI is InChI=1S/C8H19N3/c1-11-4-2-3-8(6-11)5-10-7-9/h8,10H,2-7,9H2,1H3. The fourth-order valence-corrected chi connectivity index (χ4v) is 1.73. The van der Waals surface area contributed by atoms with Gasteiger partial charge in [-0.3, -0.25) is 0 Å². The highest BCUT2D eigenvalue weighted by Crippen LogP contribution is 2.13. The van der Waals surface area contributed by atoms with Gasteiger partial charge >= 0.3 is 0 Å². The van der Waals surface area contributed by atoms with Gasteiger partial charge in [0.05, 0.1) is 0 Å². The molecule has 1 fully saturated rings. The first-order chi connectivity index (χ1) is 5.33. The highest BCUT2D eigenvalue weighted by molar-refractivity contribution is 4.71. The van der Waals surface area contributed by atoms with Gasteiger partial charge in [0.2, 0.25) is 0 Å². The minimum absolute atomic E-state index is 0.611. The third-order valence-corrected chi connectivity index (χ3v) is 2.30. The predicted molar refractivity (Wildman–Crippen MR) is 47.3 cm³/mol. The highest BCUT2D eigenvalue weighted by atomic mass is 15.1. The Kier molecular flexibility index (Phi) is 3.83. The maximum absolute atomic E-state index is 5.36. The molecule has 0 aromatic heterocycles. The SMILES string of the molecule is CN1CCCC(CNCN)C1. The number of piperidine rings is 1. The second kappa shape index (κ2) is 4.70. The van der Waals surface area contributed by atoms with E-state index in [9.17, 15) is 0 Å². The quantitative estimate of drug-likeness (QED) is 0.559. The van der Waals surface area contributed by atoms with Crippen LogP contribution in [-0.2, 0) is 0 Å². The Hall–Kier alpha value is -0.120. The zero-order valence-electron chi connectivity index (χ0n) is 7.34. The molecule has 1 rings (SSSR count). The lowest BCUT2D eigenvalue weighted by Gasteiger charge is -2.29. The Morgan fingerprint density at radius 3 is 3.09 bits per heavy atom. The first-order valence-corrected chi connectivity index (χ1v) is 4.42. The smallest absolute Gasteiger partial charge is 0.0428 e. The molecule has 1 aliphatic heterocycles. The van der Waals surface area contributed by atoms with Gasteiger partial charge in [-0.25, -0.2) is 0 Å². The van der Waals surface area contributed by atoms with E-state index in [1.165, 1.54) is 25.9 Å². The average Bonchev–Trinajstić information content (AvgIpc) is 2.01. The summed E-state index contributed by atoms with van der Waals surface area (Å²) in [7, 11) is 2.19. The number of nitrogens with zero attached hydrogens (tertiary/aromatic N) is 1. The van der Waals surface area contributed by atoms with Crippen LogP contribution in [0.15, 0.2) is 0 Å². The van der Waals surface area contributed by atoms with E-state index in [-0.39, 0.29) is 0 Å². The average molecular weight is 157 g/mol. The zero-order chi connectivity index (χ0) is 8.10. The van der Waals surface area contributed by atoms with E-state index in [2.05, 4.69) is 17.3 Å². The lowest BCUT2D eigenvalue weighted by atomic mass is 9.99. The van der Waals surface area contributed by atoms with Crippen LogP contribution in [0.5, 0.6) is 0 Å². The van der Waals surface area contributed by atoms with Gasteiger partial charge in [0.15, 0.2) is 0 Å². The summed E-state index contributed by atoms with van der Waals surface area (Å²) in [5.41, 5.74) is 5.36. The van der Waals surface area contributed by atoms with Crippen molar-refractivity contribution in [2.75, 3.05) is 33.4 Å². The first kappa shape index (κ1) is 8.97. The number of hydrogen-bond acceptors (Lipinski definition) is 3. The predicted octanol–water partition coefficient (Wildman–Crippen LogP) is -0.166. The van der Waals surface area contributed by atoms with Crippen molar-refractivity contribution in [3.8, 4) is 0 Å². The van der Waals surface area contributed by atoms with Crippen molar-refractivity contribution in [3.63, 3.8) is 0 Å². The van der Waals surface area contributed by atoms with Crippen LogP contribution in [-0.4, -0.2) is 38.3 Å². The third-order valence-electron chi connectivity index (χ3n) is 2.30. The van der Waals surface area contributed by atoms with Gasteiger partial charge in [-0.15, -0.1) is 0 Å². The summed E-state index contributed by atoms with van der Waals surface area (Å²) in [6.07, 6.45) is 2.70. The molecule has 0 radical (unpaired) electrons. The van der Waals surface area contributed by atoms with Gasteiger partial charge in [-0.2, -0.15) is 0 Å². The number of hydrogen-bond donors (Lipinski definition) is 2. The van der Waals surface area contributed by atoms with Gasteiger partial charge in [-0.05, 0) is 32.4 Å². The van der Waals surface area contributed by atoms with Crippen molar-refractivity contribution < 1.29 is 0 Å². The Morgan fingerprint density at radius 1 is 1.64 bits per heavy atom. The summed E-state index contributed by atoms with van der Waals surface area (Å²) in [4.78, 5) is 2.40. The molecule has 0 spiro atoms. The minimum Gasteiger partial charge on any atom is -0.318 e. The molecule has 3 heteroatoms. The Labute approximate surface area is 68.9 Å². The summed E-state index contributed by atoms with van der Waals surface area (Å²) in [6, 6.07) is 0. The van der Waals surface area contributed by atoms with Crippen molar-refractivity contribution >= 4 is 0 Å². The highest BCUT2D eigenvalue weighted by Gasteiger charge is 2.15. The molecule has 0 aromatic rings. The van der Waals surface area contributed by atoms with Crippen molar-refractivity contribution in [2.24, 2.45) is 11.7 Å². The number of rotatable bonds is 3. The molecule has 1 aliphatic rings. The fraction of sp³-hybridized carbons (Fsp3) is 1.00. The molecule has 1 unspecified atom stereocenters. The Balaban J connectivity index is 2.12. The Bertz CT molecular complexity index is 106. The zero-order valence-corrected chi connectivity index (χ0v) is 7.34. The molecule has 0 amide bonds. The first-order valence-electron chi connectivity index (χ1n) is 4.42. The summed E-state index contributed by atoms with van der Waals surface area (Å²) in [5, 5.41) is 3.19. The molecular formula is C8H19N3. The van der Waals surface area contributed by atoms with Crippen LogP contribution in [0.3, 0.4) is 0 Å². The maximum atomic E-state index is 5.36. The second-order valence-corrected chi connectivity index (χ2v) is 3.43. The summed E-state index contributed by atoms with van der Waals surface area (Å²) < 4.78 is 0. The molecule has 3 N–H and O–H groups in total. The van der Waals surface area contributed by atoms with Crippen molar-refractivity contribution in [2.45, 2.75) is 12.8 Å². The van der Waals surface area contributed by atoms with Crippen LogP contribution < -0.4 is 11.1 Å². The van der Waals surface area contributed by atoms with E-state index in [1.54, 1.807) is 0 Å².